The van der Waals surface area contributed by atoms with Crippen molar-refractivity contribution in [1.82, 2.24) is 9.55 Å². The standard InChI is InChI=1S/C10H11N5S/c11-14-13-4-2-6-15-7-5-12-10(15)9-3-1-8-16-9/h1,3,5,7-8H,2,4,6H2. The van der Waals surface area contributed by atoms with Crippen LogP contribution in [0.25, 0.3) is 21.1 Å². The summed E-state index contributed by atoms with van der Waals surface area (Å²) in [4.78, 5) is 8.22. The molecule has 82 valence electrons. The highest BCUT2D eigenvalue weighted by Crippen LogP contribution is 2.22. The minimum absolute atomic E-state index is 0.526. The molecule has 0 bridgehead atoms. The van der Waals surface area contributed by atoms with E-state index < -0.39 is 0 Å². The molecule has 0 aromatic carbocycles. The summed E-state index contributed by atoms with van der Waals surface area (Å²) in [5, 5.41) is 5.55. The molecule has 0 spiro atoms. The van der Waals surface area contributed by atoms with Gasteiger partial charge in [0.15, 0.2) is 0 Å². The number of aromatic nitrogens is 2. The fourth-order valence-electron chi connectivity index (χ4n) is 1.48. The van der Waals surface area contributed by atoms with Gasteiger partial charge in [-0.3, -0.25) is 0 Å². The molecule has 0 saturated carbocycles. The third kappa shape index (κ3) is 2.42. The van der Waals surface area contributed by atoms with Crippen LogP contribution in [-0.4, -0.2) is 16.1 Å². The van der Waals surface area contributed by atoms with Crippen molar-refractivity contribution in [3.63, 3.8) is 0 Å². The number of hydrogen-bond donors (Lipinski definition) is 0. The minimum atomic E-state index is 0.526. The molecule has 0 radical (unpaired) electrons. The van der Waals surface area contributed by atoms with Crippen LogP contribution < -0.4 is 0 Å². The van der Waals surface area contributed by atoms with Crippen LogP contribution in [0.4, 0.5) is 0 Å². The van der Waals surface area contributed by atoms with Crippen molar-refractivity contribution in [1.29, 1.82) is 0 Å². The molecule has 0 fully saturated rings. The van der Waals surface area contributed by atoms with E-state index in [-0.39, 0.29) is 0 Å². The Morgan fingerprint density at radius 2 is 2.50 bits per heavy atom. The predicted molar refractivity (Wildman–Crippen MR) is 64.2 cm³/mol. The number of imidazole rings is 1. The lowest BCUT2D eigenvalue weighted by molar-refractivity contribution is 0.655. The molecule has 0 atom stereocenters. The van der Waals surface area contributed by atoms with Crippen molar-refractivity contribution in [3.05, 3.63) is 40.3 Å². The smallest absolute Gasteiger partial charge is 0.149 e. The summed E-state index contributed by atoms with van der Waals surface area (Å²) in [6, 6.07) is 4.07. The molecule has 0 aliphatic carbocycles. The van der Waals surface area contributed by atoms with Crippen molar-refractivity contribution in [2.24, 2.45) is 5.11 Å². The van der Waals surface area contributed by atoms with E-state index in [9.17, 15) is 0 Å². The lowest BCUT2D eigenvalue weighted by atomic mass is 10.4. The first kappa shape index (κ1) is 10.7. The number of hydrogen-bond acceptors (Lipinski definition) is 3. The Balaban J connectivity index is 2.05. The van der Waals surface area contributed by atoms with Crippen LogP contribution in [0.2, 0.25) is 0 Å². The average Bonchev–Trinajstić information content (AvgIpc) is 2.94. The summed E-state index contributed by atoms with van der Waals surface area (Å²) in [6.45, 7) is 1.35. The topological polar surface area (TPSA) is 66.6 Å². The van der Waals surface area contributed by atoms with E-state index in [1.807, 2.05) is 17.6 Å². The molecule has 0 aliphatic rings. The summed E-state index contributed by atoms with van der Waals surface area (Å²) < 4.78 is 2.08. The molecule has 16 heavy (non-hydrogen) atoms. The van der Waals surface area contributed by atoms with Gasteiger partial charge in [-0.05, 0) is 23.4 Å². The number of aryl methyl sites for hydroxylation is 1. The van der Waals surface area contributed by atoms with Gasteiger partial charge in [0.05, 0.1) is 4.88 Å². The Morgan fingerprint density at radius 3 is 3.25 bits per heavy atom. The second-order valence-corrected chi connectivity index (χ2v) is 4.18. The van der Waals surface area contributed by atoms with Gasteiger partial charge in [-0.2, -0.15) is 0 Å². The van der Waals surface area contributed by atoms with Gasteiger partial charge < -0.3 is 4.57 Å². The van der Waals surface area contributed by atoms with Crippen molar-refractivity contribution >= 4 is 11.3 Å². The average molecular weight is 233 g/mol. The highest BCUT2D eigenvalue weighted by molar-refractivity contribution is 7.13. The van der Waals surface area contributed by atoms with Crippen LogP contribution in [0.1, 0.15) is 6.42 Å². The Labute approximate surface area is 97.0 Å². The first-order valence-corrected chi connectivity index (χ1v) is 5.85. The first-order chi connectivity index (χ1) is 7.92. The van der Waals surface area contributed by atoms with Crippen LogP contribution in [0.3, 0.4) is 0 Å². The van der Waals surface area contributed by atoms with E-state index in [0.717, 1.165) is 23.7 Å². The van der Waals surface area contributed by atoms with Crippen LogP contribution >= 0.6 is 11.3 Å². The molecule has 0 saturated heterocycles. The molecule has 0 aliphatic heterocycles. The molecule has 0 amide bonds. The van der Waals surface area contributed by atoms with Gasteiger partial charge in [0.1, 0.15) is 5.82 Å². The number of thiophene rings is 1. The van der Waals surface area contributed by atoms with Gasteiger partial charge in [0, 0.05) is 30.4 Å². The van der Waals surface area contributed by atoms with Gasteiger partial charge in [0.25, 0.3) is 0 Å². The monoisotopic (exact) mass is 233 g/mol. The molecular formula is C10H11N5S. The van der Waals surface area contributed by atoms with Crippen molar-refractivity contribution in [2.75, 3.05) is 6.54 Å². The van der Waals surface area contributed by atoms with Crippen molar-refractivity contribution < 1.29 is 0 Å². The van der Waals surface area contributed by atoms with Gasteiger partial charge in [0.2, 0.25) is 0 Å². The molecule has 6 heteroatoms. The summed E-state index contributed by atoms with van der Waals surface area (Å²) >= 11 is 1.67. The summed E-state index contributed by atoms with van der Waals surface area (Å²) in [5.74, 6) is 0.982. The Morgan fingerprint density at radius 1 is 1.56 bits per heavy atom. The molecule has 2 heterocycles. The van der Waals surface area contributed by atoms with Crippen molar-refractivity contribution in [2.45, 2.75) is 13.0 Å². The SMILES string of the molecule is [N-]=[N+]=NCCCn1ccnc1-c1cccs1. The lowest BCUT2D eigenvalue weighted by Gasteiger charge is -2.04. The van der Waals surface area contributed by atoms with E-state index in [2.05, 4.69) is 25.6 Å². The second kappa shape index (κ2) is 5.34. The summed E-state index contributed by atoms with van der Waals surface area (Å²) in [5.41, 5.74) is 8.17. The lowest BCUT2D eigenvalue weighted by Crippen LogP contribution is -1.99. The van der Waals surface area contributed by atoms with Crippen LogP contribution in [0.15, 0.2) is 35.0 Å². The first-order valence-electron chi connectivity index (χ1n) is 4.97. The van der Waals surface area contributed by atoms with E-state index in [4.69, 9.17) is 5.53 Å². The maximum absolute atomic E-state index is 8.17. The Hall–Kier alpha value is -1.78. The van der Waals surface area contributed by atoms with E-state index in [1.54, 1.807) is 17.5 Å². The number of nitrogens with zero attached hydrogens (tertiary/aromatic N) is 5. The molecule has 2 aromatic heterocycles. The van der Waals surface area contributed by atoms with E-state index >= 15 is 0 Å². The van der Waals surface area contributed by atoms with E-state index in [0.29, 0.717) is 6.54 Å². The van der Waals surface area contributed by atoms with Crippen LogP contribution in [0.5, 0.6) is 0 Å². The zero-order valence-electron chi connectivity index (χ0n) is 8.65. The highest BCUT2D eigenvalue weighted by Gasteiger charge is 2.05. The predicted octanol–water partition coefficient (Wildman–Crippen LogP) is 3.31. The quantitative estimate of drug-likeness (QED) is 0.338. The van der Waals surface area contributed by atoms with Gasteiger partial charge in [-0.15, -0.1) is 11.3 Å². The normalized spacial score (nSPS) is 10.0. The third-order valence-corrected chi connectivity index (χ3v) is 3.04. The van der Waals surface area contributed by atoms with Crippen LogP contribution in [0, 0.1) is 0 Å². The maximum Gasteiger partial charge on any atom is 0.149 e. The molecule has 5 nitrogen and oxygen atoms in total. The molecule has 2 aromatic rings. The zero-order valence-corrected chi connectivity index (χ0v) is 9.47. The maximum atomic E-state index is 8.17. The summed E-state index contributed by atoms with van der Waals surface area (Å²) in [6.07, 6.45) is 4.58. The molecule has 2 rings (SSSR count). The van der Waals surface area contributed by atoms with Crippen molar-refractivity contribution in [3.8, 4) is 10.7 Å². The van der Waals surface area contributed by atoms with Gasteiger partial charge in [-0.1, -0.05) is 11.2 Å². The zero-order chi connectivity index (χ0) is 11.2. The second-order valence-electron chi connectivity index (χ2n) is 3.23. The summed E-state index contributed by atoms with van der Waals surface area (Å²) in [7, 11) is 0. The van der Waals surface area contributed by atoms with E-state index in [1.165, 1.54) is 0 Å². The van der Waals surface area contributed by atoms with Gasteiger partial charge in [-0.25, -0.2) is 4.98 Å². The third-order valence-electron chi connectivity index (χ3n) is 2.18. The number of azide groups is 1. The Kier molecular flexibility index (Phi) is 3.58. The molecule has 0 unspecified atom stereocenters. The minimum Gasteiger partial charge on any atom is -0.330 e. The highest BCUT2D eigenvalue weighted by atomic mass is 32.1. The molecular weight excluding hydrogens is 222 g/mol. The largest absolute Gasteiger partial charge is 0.330 e. The van der Waals surface area contributed by atoms with Crippen LogP contribution in [-0.2, 0) is 6.54 Å². The Bertz CT molecular complexity index is 481. The fraction of sp³-hybridized carbons (Fsp3) is 0.300. The fourth-order valence-corrected chi connectivity index (χ4v) is 2.21. The van der Waals surface area contributed by atoms with Gasteiger partial charge >= 0.3 is 0 Å². The molecule has 0 N–H and O–H groups in total. The number of rotatable bonds is 5.